The van der Waals surface area contributed by atoms with Gasteiger partial charge >= 0.3 is 11.9 Å². The normalized spacial score (nSPS) is 17.4. The Hall–Kier alpha value is -5.33. The SMILES string of the molecule is CC1(C)C(/C=C/C=C/C=C/C=C2/N(CCCCC(=O)NC(CC(=O)O)C(=O)O)c3ccccc3C2(C)C)=[N+](CCCCS(=O)(=O)O)c2ccc3ccccc3c21. The average Bonchev–Trinajstić information content (AvgIpc) is 3.48. The molecule has 0 saturated heterocycles. The largest absolute Gasteiger partial charge is 0.481 e. The summed E-state index contributed by atoms with van der Waals surface area (Å²) < 4.78 is 34.3. The molecule has 0 aliphatic carbocycles. The van der Waals surface area contributed by atoms with Crippen LogP contribution >= 0.6 is 0 Å². The molecular formula is C44H52N3O8S+. The predicted molar refractivity (Wildman–Crippen MR) is 220 cm³/mol. The highest BCUT2D eigenvalue weighted by Crippen LogP contribution is 2.48. The van der Waals surface area contributed by atoms with Crippen molar-refractivity contribution in [2.24, 2.45) is 0 Å². The lowest BCUT2D eigenvalue weighted by molar-refractivity contribution is -0.438. The lowest BCUT2D eigenvalue weighted by atomic mass is 9.79. The van der Waals surface area contributed by atoms with E-state index in [4.69, 9.17) is 5.11 Å². The number of amides is 1. The van der Waals surface area contributed by atoms with Crippen molar-refractivity contribution < 1.29 is 42.1 Å². The first kappa shape index (κ1) is 41.8. The molecule has 0 aromatic heterocycles. The second kappa shape index (κ2) is 17.6. The molecule has 2 heterocycles. The zero-order chi connectivity index (χ0) is 40.7. The van der Waals surface area contributed by atoms with Crippen LogP contribution in [0.15, 0.2) is 109 Å². The van der Waals surface area contributed by atoms with E-state index in [-0.39, 0.29) is 23.0 Å². The van der Waals surface area contributed by atoms with Gasteiger partial charge in [0.15, 0.2) is 5.71 Å². The average molecular weight is 783 g/mol. The molecule has 1 amide bonds. The highest BCUT2D eigenvalue weighted by molar-refractivity contribution is 7.85. The van der Waals surface area contributed by atoms with Crippen LogP contribution in [0.25, 0.3) is 10.8 Å². The summed E-state index contributed by atoms with van der Waals surface area (Å²) in [6.45, 7) is 10.0. The number of nitrogens with zero attached hydrogens (tertiary/aromatic N) is 2. The van der Waals surface area contributed by atoms with Crippen molar-refractivity contribution in [3.05, 3.63) is 120 Å². The summed E-state index contributed by atoms with van der Waals surface area (Å²) in [5.41, 5.74) is 6.24. The van der Waals surface area contributed by atoms with Crippen LogP contribution in [-0.4, -0.2) is 76.2 Å². The van der Waals surface area contributed by atoms with Crippen molar-refractivity contribution in [2.45, 2.75) is 83.1 Å². The smallest absolute Gasteiger partial charge is 0.326 e. The summed E-state index contributed by atoms with van der Waals surface area (Å²) in [5.74, 6) is -3.42. The topological polar surface area (TPSA) is 164 Å². The minimum absolute atomic E-state index is 0.0876. The summed E-state index contributed by atoms with van der Waals surface area (Å²) in [6.07, 6.45) is 15.7. The van der Waals surface area contributed by atoms with Gasteiger partial charge in [-0.1, -0.05) is 86.7 Å². The molecule has 11 nitrogen and oxygen atoms in total. The Bertz CT molecular complexity index is 2250. The van der Waals surface area contributed by atoms with Crippen molar-refractivity contribution in [1.82, 2.24) is 5.32 Å². The zero-order valence-corrected chi connectivity index (χ0v) is 33.3. The molecule has 296 valence electrons. The van der Waals surface area contributed by atoms with Crippen LogP contribution in [0, 0.1) is 0 Å². The van der Waals surface area contributed by atoms with E-state index in [0.717, 1.165) is 28.2 Å². The molecule has 12 heteroatoms. The Morgan fingerprint density at radius 2 is 1.54 bits per heavy atom. The van der Waals surface area contributed by atoms with Gasteiger partial charge in [0.2, 0.25) is 11.6 Å². The third kappa shape index (κ3) is 9.72. The Kier molecular flexibility index (Phi) is 13.2. The van der Waals surface area contributed by atoms with Crippen molar-refractivity contribution in [2.75, 3.05) is 23.7 Å². The van der Waals surface area contributed by atoms with Gasteiger partial charge in [-0.2, -0.15) is 13.0 Å². The first-order valence-electron chi connectivity index (χ1n) is 19.0. The molecule has 4 N–H and O–H groups in total. The second-order valence-corrected chi connectivity index (χ2v) is 16.9. The van der Waals surface area contributed by atoms with E-state index in [2.05, 4.69) is 91.0 Å². The third-order valence-corrected chi connectivity index (χ3v) is 11.4. The quantitative estimate of drug-likeness (QED) is 0.0444. The van der Waals surface area contributed by atoms with Crippen LogP contribution in [0.3, 0.4) is 0 Å². The summed E-state index contributed by atoms with van der Waals surface area (Å²) >= 11 is 0. The zero-order valence-electron chi connectivity index (χ0n) is 32.4. The number of unbranched alkanes of at least 4 members (excludes halogenated alkanes) is 2. The van der Waals surface area contributed by atoms with Crippen molar-refractivity contribution in [1.29, 1.82) is 0 Å². The number of hydrogen-bond donors (Lipinski definition) is 4. The molecule has 2 aliphatic rings. The number of fused-ring (bicyclic) bond motifs is 4. The van der Waals surface area contributed by atoms with Gasteiger partial charge in [0.05, 0.1) is 17.6 Å². The second-order valence-electron chi connectivity index (χ2n) is 15.3. The Morgan fingerprint density at radius 3 is 2.27 bits per heavy atom. The van der Waals surface area contributed by atoms with Crippen molar-refractivity contribution in [3.8, 4) is 0 Å². The van der Waals surface area contributed by atoms with Gasteiger partial charge in [0.1, 0.15) is 12.6 Å². The number of rotatable bonds is 18. The molecule has 3 aromatic rings. The van der Waals surface area contributed by atoms with E-state index in [1.165, 1.54) is 16.5 Å². The third-order valence-electron chi connectivity index (χ3n) is 10.6. The number of allylic oxidation sites excluding steroid dienone is 8. The number of carboxylic acids is 2. The Morgan fingerprint density at radius 1 is 0.839 bits per heavy atom. The van der Waals surface area contributed by atoms with Crippen molar-refractivity contribution >= 4 is 55.8 Å². The summed E-state index contributed by atoms with van der Waals surface area (Å²) in [6, 6.07) is 19.4. The standard InChI is InChI=1S/C44H51N3O8S/c1-43(2)33-20-12-13-21-35(33)46(27-15-14-24-39(48)45-34(42(51)52)30-40(49)50)37(43)22-8-6-5-7-9-23-38-44(3,4)41-32-19-11-10-18-31(32)25-26-36(41)47(38)28-16-17-29-56(53,54)55/h5-13,18-23,25-26,34H,14-17,24,27-30H2,1-4H3,(H3-,45,48,49,50,51,52,53,54,55)/p+1. The predicted octanol–water partition coefficient (Wildman–Crippen LogP) is 7.45. The fourth-order valence-electron chi connectivity index (χ4n) is 7.90. The monoisotopic (exact) mass is 782 g/mol. The fraction of sp³-hybridized carbons (Fsp3) is 0.364. The Balaban J connectivity index is 1.29. The number of para-hydroxylation sites is 1. The fourth-order valence-corrected chi connectivity index (χ4v) is 8.46. The maximum Gasteiger partial charge on any atom is 0.326 e. The van der Waals surface area contributed by atoms with E-state index in [1.807, 2.05) is 54.6 Å². The molecule has 1 atom stereocenters. The highest BCUT2D eigenvalue weighted by Gasteiger charge is 2.45. The highest BCUT2D eigenvalue weighted by atomic mass is 32.2. The number of carboxylic acid groups (broad SMARTS) is 2. The van der Waals surface area contributed by atoms with Gasteiger partial charge in [-0.25, -0.2) is 4.79 Å². The lowest BCUT2D eigenvalue weighted by Crippen LogP contribution is -2.42. The van der Waals surface area contributed by atoms with E-state index in [9.17, 15) is 32.5 Å². The molecule has 2 aliphatic heterocycles. The summed E-state index contributed by atoms with van der Waals surface area (Å²) in [4.78, 5) is 37.0. The van der Waals surface area contributed by atoms with Crippen LogP contribution in [0.1, 0.15) is 77.3 Å². The van der Waals surface area contributed by atoms with Gasteiger partial charge in [-0.05, 0) is 67.7 Å². The molecule has 0 saturated carbocycles. The van der Waals surface area contributed by atoms with Gasteiger partial charge in [-0.15, -0.1) is 0 Å². The maximum absolute atomic E-state index is 12.4. The van der Waals surface area contributed by atoms with Crippen LogP contribution in [0.2, 0.25) is 0 Å². The number of carbonyl (C=O) groups excluding carboxylic acids is 1. The molecule has 3 aromatic carbocycles. The van der Waals surface area contributed by atoms with Crippen LogP contribution in [0.4, 0.5) is 11.4 Å². The molecule has 56 heavy (non-hydrogen) atoms. The van der Waals surface area contributed by atoms with Crippen LogP contribution < -0.4 is 10.2 Å². The van der Waals surface area contributed by atoms with Crippen LogP contribution in [-0.2, 0) is 35.3 Å². The maximum atomic E-state index is 12.4. The number of benzene rings is 3. The number of hydrogen-bond acceptors (Lipinski definition) is 6. The van der Waals surface area contributed by atoms with E-state index in [1.54, 1.807) is 0 Å². The van der Waals surface area contributed by atoms with Gasteiger partial charge < -0.3 is 20.4 Å². The number of anilines is 1. The van der Waals surface area contributed by atoms with Gasteiger partial charge in [-0.3, -0.25) is 14.1 Å². The molecule has 0 spiro atoms. The van der Waals surface area contributed by atoms with Crippen molar-refractivity contribution in [3.63, 3.8) is 0 Å². The van der Waals surface area contributed by atoms with E-state index >= 15 is 0 Å². The number of aliphatic carboxylic acids is 2. The molecule has 0 bridgehead atoms. The van der Waals surface area contributed by atoms with Crippen LogP contribution in [0.5, 0.6) is 0 Å². The number of carbonyl (C=O) groups is 3. The summed E-state index contributed by atoms with van der Waals surface area (Å²) in [7, 11) is -4.02. The van der Waals surface area contributed by atoms with E-state index in [0.29, 0.717) is 38.8 Å². The molecular weight excluding hydrogens is 731 g/mol. The van der Waals surface area contributed by atoms with Gasteiger partial charge in [0, 0.05) is 53.9 Å². The number of nitrogens with one attached hydrogen (secondary N) is 1. The lowest BCUT2D eigenvalue weighted by Gasteiger charge is -2.27. The Labute approximate surface area is 329 Å². The molecule has 0 radical (unpaired) electrons. The molecule has 0 fully saturated rings. The molecule has 1 unspecified atom stereocenters. The first-order valence-corrected chi connectivity index (χ1v) is 20.6. The van der Waals surface area contributed by atoms with Gasteiger partial charge in [0.25, 0.3) is 10.1 Å². The summed E-state index contributed by atoms with van der Waals surface area (Å²) in [5, 5.41) is 22.9. The molecule has 5 rings (SSSR count). The minimum Gasteiger partial charge on any atom is -0.481 e. The minimum atomic E-state index is -4.02. The van der Waals surface area contributed by atoms with E-state index < -0.39 is 40.4 Å². The first-order chi connectivity index (χ1) is 26.5.